The molecule has 5 heteroatoms. The Balaban J connectivity index is 0.00000225. The Kier molecular flexibility index (Phi) is 7.21. The van der Waals surface area contributed by atoms with Gasteiger partial charge in [0.05, 0.1) is 4.75 Å². The van der Waals surface area contributed by atoms with Gasteiger partial charge in [0.15, 0.2) is 0 Å². The first-order chi connectivity index (χ1) is 11.7. The van der Waals surface area contributed by atoms with Crippen molar-refractivity contribution >= 4 is 35.8 Å². The minimum Gasteiger partial charge on any atom is -0.399 e. The molecule has 0 radical (unpaired) electrons. The average Bonchev–Trinajstić information content (AvgIpc) is 3.07. The van der Waals surface area contributed by atoms with Gasteiger partial charge in [0.1, 0.15) is 0 Å². The van der Waals surface area contributed by atoms with Crippen LogP contribution >= 0.6 is 24.2 Å². The monoisotopic (exact) mass is 376 g/mol. The van der Waals surface area contributed by atoms with Crippen LogP contribution in [0.3, 0.4) is 0 Å². The summed E-state index contributed by atoms with van der Waals surface area (Å²) in [4.78, 5) is 14.0. The van der Waals surface area contributed by atoms with Crippen molar-refractivity contribution in [1.29, 1.82) is 0 Å². The second-order valence-electron chi connectivity index (χ2n) is 6.36. The Hall–Kier alpha value is -1.65. The lowest BCUT2D eigenvalue weighted by molar-refractivity contribution is -0.123. The predicted molar refractivity (Wildman–Crippen MR) is 108 cm³/mol. The molecule has 1 fully saturated rings. The lowest BCUT2D eigenvalue weighted by atomic mass is 10.1. The fourth-order valence-electron chi connectivity index (χ4n) is 3.20. The Morgan fingerprint density at radius 3 is 2.32 bits per heavy atom. The van der Waals surface area contributed by atoms with Crippen LogP contribution in [0.1, 0.15) is 31.2 Å². The van der Waals surface area contributed by atoms with Crippen LogP contribution in [0, 0.1) is 0 Å². The van der Waals surface area contributed by atoms with Gasteiger partial charge in [-0.15, -0.1) is 24.2 Å². The molecule has 1 saturated carbocycles. The third-order valence-electron chi connectivity index (χ3n) is 4.56. The number of halogens is 1. The van der Waals surface area contributed by atoms with Crippen molar-refractivity contribution in [2.24, 2.45) is 0 Å². The standard InChI is InChI=1S/C20H24N2OS.ClH/c21-17-10-8-16(9-11-17)12-15-22-19(23)20(13-4-5-14-20)24-18-6-2-1-3-7-18;/h1-3,6-11H,4-5,12-15,21H2,(H,22,23);1H. The molecule has 25 heavy (non-hydrogen) atoms. The van der Waals surface area contributed by atoms with E-state index in [2.05, 4.69) is 17.4 Å². The fraction of sp³-hybridized carbons (Fsp3) is 0.350. The highest BCUT2D eigenvalue weighted by molar-refractivity contribution is 8.01. The number of carbonyl (C=O) groups excluding carboxylic acids is 1. The molecule has 0 heterocycles. The molecule has 3 rings (SSSR count). The third-order valence-corrected chi connectivity index (χ3v) is 6.05. The van der Waals surface area contributed by atoms with Gasteiger partial charge >= 0.3 is 0 Å². The van der Waals surface area contributed by atoms with E-state index >= 15 is 0 Å². The number of nitrogens with one attached hydrogen (secondary N) is 1. The van der Waals surface area contributed by atoms with Crippen molar-refractivity contribution < 1.29 is 4.79 Å². The molecule has 3 N–H and O–H groups in total. The summed E-state index contributed by atoms with van der Waals surface area (Å²) in [5.74, 6) is 0.185. The second-order valence-corrected chi connectivity index (χ2v) is 7.82. The summed E-state index contributed by atoms with van der Waals surface area (Å²) in [5, 5.41) is 3.16. The maximum Gasteiger partial charge on any atom is 0.236 e. The van der Waals surface area contributed by atoms with Gasteiger partial charge in [-0.2, -0.15) is 0 Å². The summed E-state index contributed by atoms with van der Waals surface area (Å²) in [7, 11) is 0. The third kappa shape index (κ3) is 5.16. The molecule has 2 aromatic rings. The van der Waals surface area contributed by atoms with Crippen molar-refractivity contribution in [2.45, 2.75) is 41.7 Å². The average molecular weight is 377 g/mol. The van der Waals surface area contributed by atoms with Crippen molar-refractivity contribution in [2.75, 3.05) is 12.3 Å². The normalized spacial score (nSPS) is 15.4. The number of hydrogen-bond acceptors (Lipinski definition) is 3. The first-order valence-corrected chi connectivity index (χ1v) is 9.36. The summed E-state index contributed by atoms with van der Waals surface area (Å²) in [6.45, 7) is 0.667. The number of nitrogen functional groups attached to an aromatic ring is 1. The molecule has 1 aliphatic rings. The van der Waals surface area contributed by atoms with Crippen LogP contribution in [0.4, 0.5) is 5.69 Å². The number of benzene rings is 2. The molecule has 0 aliphatic heterocycles. The summed E-state index contributed by atoms with van der Waals surface area (Å²) in [6, 6.07) is 18.1. The fourth-order valence-corrected chi connectivity index (χ4v) is 4.60. The van der Waals surface area contributed by atoms with Crippen LogP contribution in [0.15, 0.2) is 59.5 Å². The number of thioether (sulfide) groups is 1. The summed E-state index contributed by atoms with van der Waals surface area (Å²) in [5.41, 5.74) is 7.67. The van der Waals surface area contributed by atoms with Crippen LogP contribution in [0.25, 0.3) is 0 Å². The van der Waals surface area contributed by atoms with E-state index in [9.17, 15) is 4.79 Å². The largest absolute Gasteiger partial charge is 0.399 e. The van der Waals surface area contributed by atoms with E-state index in [1.54, 1.807) is 11.8 Å². The highest BCUT2D eigenvalue weighted by Crippen LogP contribution is 2.45. The van der Waals surface area contributed by atoms with Gasteiger partial charge in [0.25, 0.3) is 0 Å². The number of hydrogen-bond donors (Lipinski definition) is 2. The molecule has 2 aromatic carbocycles. The second kappa shape index (κ2) is 9.16. The first kappa shape index (κ1) is 19.7. The van der Waals surface area contributed by atoms with Gasteiger partial charge in [0, 0.05) is 17.1 Å². The van der Waals surface area contributed by atoms with E-state index in [0.29, 0.717) is 6.54 Å². The quantitative estimate of drug-likeness (QED) is 0.732. The molecule has 0 atom stereocenters. The minimum atomic E-state index is -0.303. The van der Waals surface area contributed by atoms with Gasteiger partial charge in [-0.3, -0.25) is 4.79 Å². The molecule has 1 amide bonds. The van der Waals surface area contributed by atoms with Gasteiger partial charge in [-0.05, 0) is 49.1 Å². The highest BCUT2D eigenvalue weighted by Gasteiger charge is 2.41. The van der Waals surface area contributed by atoms with E-state index in [-0.39, 0.29) is 23.1 Å². The minimum absolute atomic E-state index is 0. The number of nitrogens with two attached hydrogens (primary N) is 1. The molecule has 0 bridgehead atoms. The van der Waals surface area contributed by atoms with Gasteiger partial charge in [-0.1, -0.05) is 43.2 Å². The Bertz CT molecular complexity index is 670. The number of amides is 1. The molecule has 0 unspecified atom stereocenters. The van der Waals surface area contributed by atoms with E-state index in [0.717, 1.165) is 37.8 Å². The van der Waals surface area contributed by atoms with Gasteiger partial charge in [-0.25, -0.2) is 0 Å². The van der Waals surface area contributed by atoms with Gasteiger partial charge in [0.2, 0.25) is 5.91 Å². The molecule has 0 saturated heterocycles. The van der Waals surface area contributed by atoms with Crippen LogP contribution in [-0.4, -0.2) is 17.2 Å². The van der Waals surface area contributed by atoms with Crippen molar-refractivity contribution in [1.82, 2.24) is 5.32 Å². The summed E-state index contributed by atoms with van der Waals surface area (Å²) >= 11 is 1.73. The topological polar surface area (TPSA) is 55.1 Å². The molecule has 3 nitrogen and oxygen atoms in total. The summed E-state index contributed by atoms with van der Waals surface area (Å²) in [6.07, 6.45) is 5.01. The van der Waals surface area contributed by atoms with Crippen molar-refractivity contribution in [3.8, 4) is 0 Å². The molecular weight excluding hydrogens is 352 g/mol. The first-order valence-electron chi connectivity index (χ1n) is 8.55. The molecule has 0 spiro atoms. The zero-order chi connectivity index (χ0) is 16.8. The van der Waals surface area contributed by atoms with Crippen LogP contribution in [-0.2, 0) is 11.2 Å². The number of rotatable bonds is 6. The Morgan fingerprint density at radius 1 is 1.04 bits per heavy atom. The number of anilines is 1. The lowest BCUT2D eigenvalue weighted by Gasteiger charge is -2.27. The zero-order valence-corrected chi connectivity index (χ0v) is 15.9. The van der Waals surface area contributed by atoms with Crippen molar-refractivity contribution in [3.63, 3.8) is 0 Å². The van der Waals surface area contributed by atoms with Crippen LogP contribution in [0.5, 0.6) is 0 Å². The van der Waals surface area contributed by atoms with Gasteiger partial charge < -0.3 is 11.1 Å². The molecule has 134 valence electrons. The smallest absolute Gasteiger partial charge is 0.236 e. The van der Waals surface area contributed by atoms with E-state index < -0.39 is 0 Å². The Morgan fingerprint density at radius 2 is 1.68 bits per heavy atom. The van der Waals surface area contributed by atoms with Crippen LogP contribution < -0.4 is 11.1 Å². The zero-order valence-electron chi connectivity index (χ0n) is 14.2. The maximum atomic E-state index is 12.9. The molecule has 0 aromatic heterocycles. The molecule has 1 aliphatic carbocycles. The van der Waals surface area contributed by atoms with E-state index in [1.165, 1.54) is 10.5 Å². The SMILES string of the molecule is Cl.Nc1ccc(CCNC(=O)C2(Sc3ccccc3)CCCC2)cc1. The summed E-state index contributed by atoms with van der Waals surface area (Å²) < 4.78 is -0.303. The Labute approximate surface area is 160 Å². The van der Waals surface area contributed by atoms with Crippen molar-refractivity contribution in [3.05, 3.63) is 60.2 Å². The molecular formula is C20H25ClN2OS. The highest BCUT2D eigenvalue weighted by atomic mass is 35.5. The van der Waals surface area contributed by atoms with E-state index in [1.807, 2.05) is 42.5 Å². The number of carbonyl (C=O) groups is 1. The predicted octanol–water partition coefficient (Wildman–Crippen LogP) is 4.45. The van der Waals surface area contributed by atoms with Crippen LogP contribution in [0.2, 0.25) is 0 Å². The van der Waals surface area contributed by atoms with E-state index in [4.69, 9.17) is 5.73 Å². The maximum absolute atomic E-state index is 12.9. The lowest BCUT2D eigenvalue weighted by Crippen LogP contribution is -2.43.